The predicted molar refractivity (Wildman–Crippen MR) is 99.8 cm³/mol. The number of carbonyl (C=O) groups excluding carboxylic acids is 1. The number of hydrogen-bond acceptors (Lipinski definition) is 3. The lowest BCUT2D eigenvalue weighted by Gasteiger charge is -2.47. The van der Waals surface area contributed by atoms with Gasteiger partial charge < -0.3 is 16.0 Å². The van der Waals surface area contributed by atoms with E-state index in [4.69, 9.17) is 5.73 Å². The van der Waals surface area contributed by atoms with Crippen LogP contribution in [0.25, 0.3) is 0 Å². The summed E-state index contributed by atoms with van der Waals surface area (Å²) in [5, 5.41) is 3.23. The van der Waals surface area contributed by atoms with Crippen LogP contribution in [0.15, 0.2) is 18.2 Å². The normalized spacial score (nSPS) is 26.6. The highest BCUT2D eigenvalue weighted by Gasteiger charge is 2.36. The summed E-state index contributed by atoms with van der Waals surface area (Å²) in [5.74, 6) is 0.0208. The number of piperidine rings is 2. The van der Waals surface area contributed by atoms with Crippen LogP contribution in [0, 0.1) is 6.92 Å². The Morgan fingerprint density at radius 2 is 1.83 bits per heavy atom. The lowest BCUT2D eigenvalue weighted by atomic mass is 9.82. The third-order valence-corrected chi connectivity index (χ3v) is 5.18. The Morgan fingerprint density at radius 3 is 2.43 bits per heavy atom. The monoisotopic (exact) mass is 359 g/mol. The van der Waals surface area contributed by atoms with Crippen LogP contribution >= 0.6 is 24.8 Å². The van der Waals surface area contributed by atoms with Crippen LogP contribution < -0.4 is 11.1 Å². The van der Waals surface area contributed by atoms with Gasteiger partial charge in [0.25, 0.3) is 5.91 Å². The summed E-state index contributed by atoms with van der Waals surface area (Å²) in [7, 11) is 2.23. The molecule has 2 saturated heterocycles. The fraction of sp³-hybridized carbons (Fsp3) is 0.588. The van der Waals surface area contributed by atoms with Crippen molar-refractivity contribution in [1.29, 1.82) is 0 Å². The maximum Gasteiger partial charge on any atom is 0.251 e. The first-order valence-electron chi connectivity index (χ1n) is 7.93. The smallest absolute Gasteiger partial charge is 0.251 e. The zero-order valence-electron chi connectivity index (χ0n) is 13.7. The molecule has 0 aromatic heterocycles. The molecular weight excluding hydrogens is 333 g/mol. The van der Waals surface area contributed by atoms with Gasteiger partial charge in [0.05, 0.1) is 0 Å². The van der Waals surface area contributed by atoms with Gasteiger partial charge in [-0.15, -0.1) is 24.8 Å². The number of halogens is 2. The van der Waals surface area contributed by atoms with E-state index in [1.165, 1.54) is 19.3 Å². The van der Waals surface area contributed by atoms with Gasteiger partial charge in [-0.2, -0.15) is 0 Å². The number of anilines is 1. The molecule has 1 aromatic carbocycles. The standard InChI is InChI=1S/C17H25N3O.2ClH/c1-11-6-7-12(18)8-16(11)17(21)19-13-9-14-4-3-5-15(10-13)20(14)2;;/h6-8,13-15H,3-5,9-10,18H2,1-2H3,(H,19,21);2*1H. The van der Waals surface area contributed by atoms with E-state index in [0.29, 0.717) is 29.4 Å². The molecule has 3 N–H and O–H groups in total. The summed E-state index contributed by atoms with van der Waals surface area (Å²) in [5.41, 5.74) is 8.14. The fourth-order valence-corrected chi connectivity index (χ4v) is 3.88. The molecule has 1 aromatic rings. The van der Waals surface area contributed by atoms with E-state index < -0.39 is 0 Å². The van der Waals surface area contributed by atoms with Crippen LogP contribution in [0.4, 0.5) is 5.69 Å². The molecule has 130 valence electrons. The summed E-state index contributed by atoms with van der Waals surface area (Å²) in [6, 6.07) is 7.08. The van der Waals surface area contributed by atoms with Crippen molar-refractivity contribution in [1.82, 2.24) is 10.2 Å². The second-order valence-corrected chi connectivity index (χ2v) is 6.62. The van der Waals surface area contributed by atoms with Gasteiger partial charge >= 0.3 is 0 Å². The molecule has 0 radical (unpaired) electrons. The van der Waals surface area contributed by atoms with Crippen molar-refractivity contribution in [3.63, 3.8) is 0 Å². The number of nitrogens with two attached hydrogens (primary N) is 1. The molecule has 3 rings (SSSR count). The Morgan fingerprint density at radius 1 is 1.22 bits per heavy atom. The van der Waals surface area contributed by atoms with Crippen molar-refractivity contribution in [2.24, 2.45) is 0 Å². The van der Waals surface area contributed by atoms with Gasteiger partial charge in [0.2, 0.25) is 0 Å². The Hall–Kier alpha value is -0.970. The topological polar surface area (TPSA) is 58.4 Å². The molecule has 2 atom stereocenters. The molecular formula is C17H27Cl2N3O. The minimum absolute atomic E-state index is 0. The summed E-state index contributed by atoms with van der Waals surface area (Å²) in [6.45, 7) is 1.96. The minimum atomic E-state index is 0. The highest BCUT2D eigenvalue weighted by Crippen LogP contribution is 2.32. The number of fused-ring (bicyclic) bond motifs is 2. The second kappa shape index (κ2) is 8.22. The van der Waals surface area contributed by atoms with Crippen molar-refractivity contribution in [2.45, 2.75) is 57.2 Å². The van der Waals surface area contributed by atoms with E-state index in [9.17, 15) is 4.79 Å². The number of rotatable bonds is 2. The van der Waals surface area contributed by atoms with Gasteiger partial charge in [-0.25, -0.2) is 0 Å². The van der Waals surface area contributed by atoms with Crippen molar-refractivity contribution < 1.29 is 4.79 Å². The quantitative estimate of drug-likeness (QED) is 0.797. The highest BCUT2D eigenvalue weighted by atomic mass is 35.5. The molecule has 2 aliphatic rings. The first-order valence-corrected chi connectivity index (χ1v) is 7.93. The van der Waals surface area contributed by atoms with Crippen LogP contribution in [0.2, 0.25) is 0 Å². The fourth-order valence-electron chi connectivity index (χ4n) is 3.88. The van der Waals surface area contributed by atoms with Gasteiger partial charge in [-0.3, -0.25) is 4.79 Å². The van der Waals surface area contributed by atoms with Crippen molar-refractivity contribution in [3.05, 3.63) is 29.3 Å². The number of nitrogens with zero attached hydrogens (tertiary/aromatic N) is 1. The average molecular weight is 360 g/mol. The number of carbonyl (C=O) groups is 1. The number of benzene rings is 1. The lowest BCUT2D eigenvalue weighted by Crippen LogP contribution is -2.55. The Bertz CT molecular complexity index is 539. The lowest BCUT2D eigenvalue weighted by molar-refractivity contribution is 0.0463. The summed E-state index contributed by atoms with van der Waals surface area (Å²) < 4.78 is 0. The molecule has 2 unspecified atom stereocenters. The zero-order chi connectivity index (χ0) is 15.0. The predicted octanol–water partition coefficient (Wildman–Crippen LogP) is 3.17. The van der Waals surface area contributed by atoms with Crippen molar-refractivity contribution >= 4 is 36.4 Å². The van der Waals surface area contributed by atoms with Crippen LogP contribution in [0.3, 0.4) is 0 Å². The van der Waals surface area contributed by atoms with E-state index in [-0.39, 0.29) is 30.7 Å². The Kier molecular flexibility index (Phi) is 7.18. The maximum atomic E-state index is 12.5. The van der Waals surface area contributed by atoms with Gasteiger partial charge in [-0.1, -0.05) is 12.5 Å². The van der Waals surface area contributed by atoms with Crippen LogP contribution in [0.5, 0.6) is 0 Å². The molecule has 6 heteroatoms. The zero-order valence-corrected chi connectivity index (χ0v) is 15.4. The van der Waals surface area contributed by atoms with Gasteiger partial charge in [0.15, 0.2) is 0 Å². The Labute approximate surface area is 151 Å². The van der Waals surface area contributed by atoms with Gasteiger partial charge in [-0.05, 0) is 57.4 Å². The molecule has 2 bridgehead atoms. The van der Waals surface area contributed by atoms with Crippen molar-refractivity contribution in [2.75, 3.05) is 12.8 Å². The first-order chi connectivity index (χ1) is 10.0. The number of nitrogen functional groups attached to an aromatic ring is 1. The van der Waals surface area contributed by atoms with Crippen molar-refractivity contribution in [3.8, 4) is 0 Å². The molecule has 0 saturated carbocycles. The molecule has 4 nitrogen and oxygen atoms in total. The van der Waals surface area contributed by atoms with E-state index in [0.717, 1.165) is 18.4 Å². The molecule has 0 aliphatic carbocycles. The molecule has 23 heavy (non-hydrogen) atoms. The Balaban J connectivity index is 0.00000132. The highest BCUT2D eigenvalue weighted by molar-refractivity contribution is 5.96. The number of nitrogens with one attached hydrogen (secondary N) is 1. The second-order valence-electron chi connectivity index (χ2n) is 6.62. The first kappa shape index (κ1) is 20.1. The third-order valence-electron chi connectivity index (χ3n) is 5.18. The summed E-state index contributed by atoms with van der Waals surface area (Å²) >= 11 is 0. The summed E-state index contributed by atoms with van der Waals surface area (Å²) in [4.78, 5) is 15.0. The van der Waals surface area contributed by atoms with E-state index >= 15 is 0 Å². The number of hydrogen-bond donors (Lipinski definition) is 2. The molecule has 2 heterocycles. The largest absolute Gasteiger partial charge is 0.399 e. The van der Waals surface area contributed by atoms with E-state index in [1.54, 1.807) is 6.07 Å². The van der Waals surface area contributed by atoms with E-state index in [2.05, 4.69) is 17.3 Å². The van der Waals surface area contributed by atoms with Gasteiger partial charge in [0, 0.05) is 29.4 Å². The molecule has 2 aliphatic heterocycles. The third kappa shape index (κ3) is 4.31. The number of aryl methyl sites for hydroxylation is 1. The van der Waals surface area contributed by atoms with Gasteiger partial charge in [0.1, 0.15) is 0 Å². The van der Waals surface area contributed by atoms with Crippen LogP contribution in [0.1, 0.15) is 48.0 Å². The molecule has 1 amide bonds. The summed E-state index contributed by atoms with van der Waals surface area (Å²) in [6.07, 6.45) is 5.99. The SMILES string of the molecule is Cc1ccc(N)cc1C(=O)NC1CC2CCCC(C1)N2C.Cl.Cl. The average Bonchev–Trinajstić information content (AvgIpc) is 2.42. The van der Waals surface area contributed by atoms with Crippen LogP contribution in [-0.4, -0.2) is 36.0 Å². The molecule has 2 fully saturated rings. The van der Waals surface area contributed by atoms with Crippen LogP contribution in [-0.2, 0) is 0 Å². The molecule has 0 spiro atoms. The minimum Gasteiger partial charge on any atom is -0.399 e. The number of amides is 1. The maximum absolute atomic E-state index is 12.5. The van der Waals surface area contributed by atoms with E-state index in [1.807, 2.05) is 19.1 Å².